The van der Waals surface area contributed by atoms with Gasteiger partial charge in [-0.2, -0.15) is 0 Å². The Hall–Kier alpha value is -2.08. The van der Waals surface area contributed by atoms with Crippen molar-refractivity contribution in [1.82, 2.24) is 20.7 Å². The third kappa shape index (κ3) is 5.01. The van der Waals surface area contributed by atoms with E-state index in [-0.39, 0.29) is 29.2 Å². The Labute approximate surface area is 165 Å². The lowest BCUT2D eigenvalue weighted by Gasteiger charge is -2.20. The van der Waals surface area contributed by atoms with Crippen molar-refractivity contribution in [2.24, 2.45) is 22.0 Å². The third-order valence-corrected chi connectivity index (χ3v) is 6.30. The van der Waals surface area contributed by atoms with Crippen LogP contribution in [0.1, 0.15) is 20.3 Å². The minimum atomic E-state index is -1.01. The van der Waals surface area contributed by atoms with Crippen molar-refractivity contribution in [1.29, 1.82) is 0 Å². The van der Waals surface area contributed by atoms with Crippen molar-refractivity contribution in [3.63, 3.8) is 0 Å². The molecule has 0 bridgehead atoms. The van der Waals surface area contributed by atoms with E-state index in [1.807, 2.05) is 6.92 Å². The Morgan fingerprint density at radius 2 is 1.41 bits per heavy atom. The van der Waals surface area contributed by atoms with Crippen LogP contribution in [-0.2, 0) is 19.2 Å². The van der Waals surface area contributed by atoms with E-state index in [1.54, 1.807) is 21.0 Å². The molecule has 0 saturated carbocycles. The molecule has 2 fully saturated rings. The second kappa shape index (κ2) is 9.22. The highest BCUT2D eigenvalue weighted by Gasteiger charge is 2.33. The number of hydrogen-bond acceptors (Lipinski definition) is 8. The van der Waals surface area contributed by atoms with Crippen molar-refractivity contribution in [3.8, 4) is 0 Å². The quantitative estimate of drug-likeness (QED) is 0.460. The first-order valence-electron chi connectivity index (χ1n) is 8.30. The van der Waals surface area contributed by atoms with E-state index < -0.39 is 17.7 Å². The zero-order chi connectivity index (χ0) is 20.1. The maximum atomic E-state index is 12.5. The molecule has 27 heavy (non-hydrogen) atoms. The van der Waals surface area contributed by atoms with Crippen LogP contribution in [0.15, 0.2) is 10.2 Å². The number of amides is 4. The number of nitrogens with zero attached hydrogens (tertiary/aromatic N) is 4. The number of thioether (sulfide) groups is 2. The van der Waals surface area contributed by atoms with Gasteiger partial charge in [-0.05, 0) is 5.92 Å². The molecular weight excluding hydrogens is 392 g/mol. The number of hydrogen-bond donors (Lipinski definition) is 2. The Kier molecular flexibility index (Phi) is 7.25. The SMILES string of the molecule is CCC(C)C(C(=O)N/N=C1/SCC(=O)N1C)C(=O)N/N=C1/SCC(=O)N1C. The summed E-state index contributed by atoms with van der Waals surface area (Å²) in [7, 11) is 3.14. The molecule has 148 valence electrons. The molecule has 0 aromatic heterocycles. The second-order valence-electron chi connectivity index (χ2n) is 6.09. The van der Waals surface area contributed by atoms with E-state index >= 15 is 0 Å². The number of carbonyl (C=O) groups excluding carboxylic acids is 4. The Balaban J connectivity index is 2.05. The fourth-order valence-corrected chi connectivity index (χ4v) is 3.99. The molecule has 4 amide bonds. The number of amidine groups is 2. The molecule has 0 spiro atoms. The molecule has 12 heteroatoms. The highest BCUT2D eigenvalue weighted by atomic mass is 32.2. The van der Waals surface area contributed by atoms with Crippen LogP contribution in [0.2, 0.25) is 0 Å². The van der Waals surface area contributed by atoms with Crippen LogP contribution in [0.3, 0.4) is 0 Å². The Morgan fingerprint density at radius 3 is 1.70 bits per heavy atom. The standard InChI is InChI=1S/C15H22N6O4S2/c1-5-8(2)11(12(24)16-18-14-20(3)9(22)6-26-14)13(25)17-19-15-21(4)10(23)7-27-15/h8,11H,5-7H2,1-4H3,(H,16,24)(H,17,25)/b18-14+,19-15+. The van der Waals surface area contributed by atoms with Gasteiger partial charge in [0.15, 0.2) is 10.3 Å². The van der Waals surface area contributed by atoms with E-state index in [9.17, 15) is 19.2 Å². The Bertz CT molecular complexity index is 656. The third-order valence-electron chi connectivity index (χ3n) is 4.27. The molecule has 2 aliphatic rings. The highest BCUT2D eigenvalue weighted by Crippen LogP contribution is 2.19. The monoisotopic (exact) mass is 414 g/mol. The summed E-state index contributed by atoms with van der Waals surface area (Å²) < 4.78 is 0. The van der Waals surface area contributed by atoms with Gasteiger partial charge in [-0.3, -0.25) is 29.0 Å². The lowest BCUT2D eigenvalue weighted by Crippen LogP contribution is -2.42. The van der Waals surface area contributed by atoms with Crippen LogP contribution in [0.5, 0.6) is 0 Å². The van der Waals surface area contributed by atoms with Gasteiger partial charge in [0, 0.05) is 14.1 Å². The van der Waals surface area contributed by atoms with Crippen LogP contribution < -0.4 is 10.9 Å². The van der Waals surface area contributed by atoms with Crippen molar-refractivity contribution >= 4 is 57.5 Å². The summed E-state index contributed by atoms with van der Waals surface area (Å²) >= 11 is 2.42. The summed E-state index contributed by atoms with van der Waals surface area (Å²) in [4.78, 5) is 50.7. The lowest BCUT2D eigenvalue weighted by atomic mass is 9.90. The molecule has 2 heterocycles. The summed E-state index contributed by atoms with van der Waals surface area (Å²) in [6, 6.07) is 0. The predicted molar refractivity (Wildman–Crippen MR) is 105 cm³/mol. The molecule has 0 aliphatic carbocycles. The normalized spacial score (nSPS) is 21.5. The van der Waals surface area contributed by atoms with Crippen LogP contribution >= 0.6 is 23.5 Å². The maximum Gasteiger partial charge on any atom is 0.253 e. The van der Waals surface area contributed by atoms with Crippen LogP contribution in [0.25, 0.3) is 0 Å². The summed E-state index contributed by atoms with van der Waals surface area (Å²) in [6.07, 6.45) is 0.596. The topological polar surface area (TPSA) is 124 Å². The van der Waals surface area contributed by atoms with Crippen LogP contribution in [-0.4, -0.2) is 69.4 Å². The Morgan fingerprint density at radius 1 is 1.00 bits per heavy atom. The maximum absolute atomic E-state index is 12.5. The number of hydrazone groups is 2. The molecule has 0 radical (unpaired) electrons. The fourth-order valence-electron chi connectivity index (χ4n) is 2.28. The van der Waals surface area contributed by atoms with Gasteiger partial charge in [0.05, 0.1) is 11.5 Å². The van der Waals surface area contributed by atoms with Gasteiger partial charge in [-0.25, -0.2) is 10.9 Å². The van der Waals surface area contributed by atoms with E-state index in [0.29, 0.717) is 16.8 Å². The van der Waals surface area contributed by atoms with Crippen molar-refractivity contribution in [3.05, 3.63) is 0 Å². The summed E-state index contributed by atoms with van der Waals surface area (Å²) in [5.74, 6) is -2.09. The summed E-state index contributed by atoms with van der Waals surface area (Å²) in [5, 5.41) is 8.64. The van der Waals surface area contributed by atoms with Gasteiger partial charge in [0.1, 0.15) is 5.92 Å². The average Bonchev–Trinajstić information content (AvgIpc) is 3.14. The first kappa shape index (κ1) is 21.2. The zero-order valence-electron chi connectivity index (χ0n) is 15.5. The van der Waals surface area contributed by atoms with Crippen molar-refractivity contribution in [2.75, 3.05) is 25.6 Å². The van der Waals surface area contributed by atoms with Gasteiger partial charge in [-0.15, -0.1) is 10.2 Å². The molecule has 0 aromatic rings. The number of carbonyl (C=O) groups is 4. The molecule has 2 N–H and O–H groups in total. The molecule has 0 aromatic carbocycles. The first-order chi connectivity index (χ1) is 12.8. The molecule has 1 unspecified atom stereocenters. The number of rotatable bonds is 6. The lowest BCUT2D eigenvalue weighted by molar-refractivity contribution is -0.137. The molecule has 2 saturated heterocycles. The van der Waals surface area contributed by atoms with Crippen LogP contribution in [0.4, 0.5) is 0 Å². The minimum Gasteiger partial charge on any atom is -0.292 e. The van der Waals surface area contributed by atoms with Gasteiger partial charge in [-0.1, -0.05) is 43.8 Å². The van der Waals surface area contributed by atoms with Gasteiger partial charge in [0.2, 0.25) is 11.8 Å². The largest absolute Gasteiger partial charge is 0.292 e. The molecule has 10 nitrogen and oxygen atoms in total. The smallest absolute Gasteiger partial charge is 0.253 e. The molecule has 2 rings (SSSR count). The van der Waals surface area contributed by atoms with E-state index in [1.165, 1.54) is 33.3 Å². The minimum absolute atomic E-state index is 0.104. The van der Waals surface area contributed by atoms with Crippen molar-refractivity contribution < 1.29 is 19.2 Å². The summed E-state index contributed by atoms with van der Waals surface area (Å²) in [6.45, 7) is 3.65. The highest BCUT2D eigenvalue weighted by molar-refractivity contribution is 8.15. The summed E-state index contributed by atoms with van der Waals surface area (Å²) in [5.41, 5.74) is 4.74. The van der Waals surface area contributed by atoms with E-state index in [4.69, 9.17) is 0 Å². The second-order valence-corrected chi connectivity index (χ2v) is 7.97. The predicted octanol–water partition coefficient (Wildman–Crippen LogP) is -0.166. The van der Waals surface area contributed by atoms with E-state index in [0.717, 1.165) is 0 Å². The van der Waals surface area contributed by atoms with E-state index in [2.05, 4.69) is 21.1 Å². The molecule has 2 aliphatic heterocycles. The zero-order valence-corrected chi connectivity index (χ0v) is 17.1. The average molecular weight is 415 g/mol. The molecule has 1 atom stereocenters. The van der Waals surface area contributed by atoms with Gasteiger partial charge < -0.3 is 0 Å². The number of nitrogens with one attached hydrogen (secondary N) is 2. The van der Waals surface area contributed by atoms with Gasteiger partial charge >= 0.3 is 0 Å². The molecular formula is C15H22N6O4S2. The van der Waals surface area contributed by atoms with Crippen molar-refractivity contribution in [2.45, 2.75) is 20.3 Å². The first-order valence-corrected chi connectivity index (χ1v) is 10.3. The fraction of sp³-hybridized carbons (Fsp3) is 0.600. The van der Waals surface area contributed by atoms with Gasteiger partial charge in [0.25, 0.3) is 11.8 Å². The van der Waals surface area contributed by atoms with Crippen LogP contribution in [0, 0.1) is 11.8 Å².